The molecule has 0 fully saturated rings. The van der Waals surface area contributed by atoms with E-state index in [0.717, 1.165) is 6.42 Å². The number of carbonyl (C=O) groups excluding carboxylic acids is 3. The van der Waals surface area contributed by atoms with Gasteiger partial charge in [-0.3, -0.25) is 9.59 Å². The van der Waals surface area contributed by atoms with Crippen molar-refractivity contribution in [3.8, 4) is 5.75 Å². The summed E-state index contributed by atoms with van der Waals surface area (Å²) in [7, 11) is 0. The molecule has 0 aliphatic rings. The van der Waals surface area contributed by atoms with Crippen LogP contribution in [0.25, 0.3) is 0 Å². The third kappa shape index (κ3) is 8.92. The van der Waals surface area contributed by atoms with Gasteiger partial charge in [-0.1, -0.05) is 19.4 Å². The number of carbonyl (C=O) groups is 3. The highest BCUT2D eigenvalue weighted by molar-refractivity contribution is 5.92. The summed E-state index contributed by atoms with van der Waals surface area (Å²) >= 11 is 0. The Morgan fingerprint density at radius 2 is 1.79 bits per heavy atom. The molecule has 9 heteroatoms. The molecular formula is C24H39N3O6. The Balaban J connectivity index is 3.39. The first-order chi connectivity index (χ1) is 15.3. The van der Waals surface area contributed by atoms with Crippen LogP contribution >= 0.6 is 0 Å². The van der Waals surface area contributed by atoms with Gasteiger partial charge in [-0.05, 0) is 71.2 Å². The average molecular weight is 466 g/mol. The summed E-state index contributed by atoms with van der Waals surface area (Å²) in [6, 6.07) is 2.25. The largest absolute Gasteiger partial charge is 0.508 e. The smallest absolute Gasteiger partial charge is 0.408 e. The number of phenols is 1. The maximum absolute atomic E-state index is 13.5. The first-order valence-corrected chi connectivity index (χ1v) is 11.3. The molecule has 0 saturated heterocycles. The molecule has 0 aromatic heterocycles. The minimum absolute atomic E-state index is 0.0769. The van der Waals surface area contributed by atoms with E-state index in [1.165, 1.54) is 11.0 Å². The molecule has 9 nitrogen and oxygen atoms in total. The second-order valence-electron chi connectivity index (χ2n) is 9.38. The maximum Gasteiger partial charge on any atom is 0.408 e. The van der Waals surface area contributed by atoms with E-state index in [-0.39, 0.29) is 18.3 Å². The lowest BCUT2D eigenvalue weighted by molar-refractivity contribution is -0.143. The molecule has 33 heavy (non-hydrogen) atoms. The molecule has 0 aliphatic carbocycles. The van der Waals surface area contributed by atoms with E-state index in [4.69, 9.17) is 4.74 Å². The van der Waals surface area contributed by atoms with Crippen LogP contribution in [-0.4, -0.2) is 63.9 Å². The van der Waals surface area contributed by atoms with Gasteiger partial charge in [0.25, 0.3) is 0 Å². The lowest BCUT2D eigenvalue weighted by Gasteiger charge is -2.34. The normalized spacial score (nSPS) is 13.2. The van der Waals surface area contributed by atoms with Gasteiger partial charge in [0.2, 0.25) is 11.8 Å². The number of rotatable bonds is 10. The summed E-state index contributed by atoms with van der Waals surface area (Å²) in [5.74, 6) is -0.923. The number of aliphatic hydroxyl groups is 1. The zero-order valence-electron chi connectivity index (χ0n) is 20.8. The number of alkyl carbamates (subject to hydrolysis) is 1. The fourth-order valence-corrected chi connectivity index (χ4v) is 3.22. The van der Waals surface area contributed by atoms with Gasteiger partial charge in [-0.2, -0.15) is 0 Å². The van der Waals surface area contributed by atoms with Crippen molar-refractivity contribution >= 4 is 17.9 Å². The Kier molecular flexibility index (Phi) is 10.6. The molecule has 2 atom stereocenters. The number of amides is 3. The minimum atomic E-state index is -1.29. The van der Waals surface area contributed by atoms with Crippen LogP contribution < -0.4 is 10.6 Å². The lowest BCUT2D eigenvalue weighted by Crippen LogP contribution is -2.55. The number of unbranched alkanes of at least 4 members (excludes halogenated alkanes) is 1. The lowest BCUT2D eigenvalue weighted by atomic mass is 9.99. The van der Waals surface area contributed by atoms with Crippen molar-refractivity contribution in [2.24, 2.45) is 0 Å². The number of ether oxygens (including phenoxy) is 1. The highest BCUT2D eigenvalue weighted by atomic mass is 16.6. The molecule has 0 radical (unpaired) electrons. The number of aliphatic hydroxyl groups excluding tert-OH is 1. The van der Waals surface area contributed by atoms with Crippen LogP contribution in [0.2, 0.25) is 0 Å². The van der Waals surface area contributed by atoms with Gasteiger partial charge in [0.05, 0.1) is 6.61 Å². The number of hydrogen-bond donors (Lipinski definition) is 4. The van der Waals surface area contributed by atoms with E-state index in [1.807, 2.05) is 20.8 Å². The Labute approximate surface area is 196 Å². The molecule has 1 aromatic rings. The summed E-state index contributed by atoms with van der Waals surface area (Å²) in [6.07, 6.45) is 0.535. The molecule has 1 rings (SSSR count). The van der Waals surface area contributed by atoms with Crippen LogP contribution in [-0.2, 0) is 14.3 Å². The third-order valence-corrected chi connectivity index (χ3v) is 4.73. The van der Waals surface area contributed by atoms with Crippen LogP contribution in [0, 0.1) is 6.92 Å². The molecule has 186 valence electrons. The topological polar surface area (TPSA) is 128 Å². The van der Waals surface area contributed by atoms with Crippen molar-refractivity contribution in [2.75, 3.05) is 13.2 Å². The zero-order chi connectivity index (χ0) is 25.3. The Hall–Kier alpha value is -2.81. The van der Waals surface area contributed by atoms with Crippen molar-refractivity contribution in [3.05, 3.63) is 29.3 Å². The second-order valence-corrected chi connectivity index (χ2v) is 9.38. The highest BCUT2D eigenvalue weighted by Crippen LogP contribution is 2.27. The van der Waals surface area contributed by atoms with Crippen molar-refractivity contribution in [3.63, 3.8) is 0 Å². The monoisotopic (exact) mass is 465 g/mol. The summed E-state index contributed by atoms with van der Waals surface area (Å²) in [6.45, 7) is 11.9. The molecule has 0 aliphatic heterocycles. The zero-order valence-corrected chi connectivity index (χ0v) is 20.8. The van der Waals surface area contributed by atoms with E-state index in [2.05, 4.69) is 10.6 Å². The van der Waals surface area contributed by atoms with Gasteiger partial charge >= 0.3 is 6.09 Å². The molecular weight excluding hydrogens is 426 g/mol. The minimum Gasteiger partial charge on any atom is -0.508 e. The molecule has 2 unspecified atom stereocenters. The highest BCUT2D eigenvalue weighted by Gasteiger charge is 2.36. The Morgan fingerprint density at radius 1 is 1.15 bits per heavy atom. The van der Waals surface area contributed by atoms with Gasteiger partial charge in [0, 0.05) is 12.6 Å². The molecule has 3 amide bonds. The number of nitrogens with one attached hydrogen (secondary N) is 2. The van der Waals surface area contributed by atoms with Crippen molar-refractivity contribution in [1.29, 1.82) is 0 Å². The molecule has 0 saturated carbocycles. The fourth-order valence-electron chi connectivity index (χ4n) is 3.22. The van der Waals surface area contributed by atoms with E-state index in [9.17, 15) is 24.6 Å². The van der Waals surface area contributed by atoms with Crippen LogP contribution in [0.1, 0.15) is 71.6 Å². The van der Waals surface area contributed by atoms with Gasteiger partial charge in [0.1, 0.15) is 23.4 Å². The molecule has 0 heterocycles. The van der Waals surface area contributed by atoms with E-state index in [1.54, 1.807) is 39.8 Å². The first kappa shape index (κ1) is 28.2. The van der Waals surface area contributed by atoms with Crippen molar-refractivity contribution < 1.29 is 29.3 Å². The fraction of sp³-hybridized carbons (Fsp3) is 0.625. The molecule has 0 spiro atoms. The van der Waals surface area contributed by atoms with Gasteiger partial charge < -0.3 is 30.5 Å². The van der Waals surface area contributed by atoms with E-state index >= 15 is 0 Å². The number of aromatic hydroxyl groups is 1. The van der Waals surface area contributed by atoms with E-state index < -0.39 is 42.2 Å². The van der Waals surface area contributed by atoms with Gasteiger partial charge in [-0.25, -0.2) is 4.79 Å². The van der Waals surface area contributed by atoms with Crippen LogP contribution in [0.3, 0.4) is 0 Å². The van der Waals surface area contributed by atoms with Gasteiger partial charge in [0.15, 0.2) is 0 Å². The SMILES string of the molecule is CCCCN(C(=O)C(CO)NC(=O)OC(C)(C)C)C(C(=O)NC(C)C)c1ccc(O)c(C)c1. The summed E-state index contributed by atoms with van der Waals surface area (Å²) in [5, 5.41) is 25.1. The number of phenolic OH excluding ortho intramolecular Hbond substituents is 1. The number of aryl methyl sites for hydroxylation is 1. The Morgan fingerprint density at radius 3 is 2.27 bits per heavy atom. The first-order valence-electron chi connectivity index (χ1n) is 11.3. The predicted molar refractivity (Wildman–Crippen MR) is 126 cm³/mol. The molecule has 4 N–H and O–H groups in total. The van der Waals surface area contributed by atoms with Crippen LogP contribution in [0.5, 0.6) is 5.75 Å². The average Bonchev–Trinajstić information content (AvgIpc) is 2.69. The maximum atomic E-state index is 13.5. The third-order valence-electron chi connectivity index (χ3n) is 4.73. The summed E-state index contributed by atoms with van der Waals surface area (Å²) in [4.78, 5) is 40.4. The van der Waals surface area contributed by atoms with Gasteiger partial charge in [-0.15, -0.1) is 0 Å². The predicted octanol–water partition coefficient (Wildman–Crippen LogP) is 2.78. The van der Waals surface area contributed by atoms with Crippen molar-refractivity contribution in [2.45, 2.75) is 85.0 Å². The quantitative estimate of drug-likeness (QED) is 0.421. The standard InChI is InChI=1S/C24H39N3O6/c1-8-9-12-27(22(31)18(14-28)26-23(32)33-24(5,6)7)20(21(30)25-15(2)3)17-10-11-19(29)16(4)13-17/h10-11,13,15,18,20,28-29H,8-9,12,14H2,1-7H3,(H,25,30)(H,26,32). The second kappa shape index (κ2) is 12.4. The summed E-state index contributed by atoms with van der Waals surface area (Å²) < 4.78 is 5.22. The molecule has 1 aromatic carbocycles. The number of nitrogens with zero attached hydrogens (tertiary/aromatic N) is 1. The Bertz CT molecular complexity index is 819. The van der Waals surface area contributed by atoms with Crippen molar-refractivity contribution in [1.82, 2.24) is 15.5 Å². The molecule has 0 bridgehead atoms. The number of hydrogen-bond acceptors (Lipinski definition) is 6. The number of benzene rings is 1. The van der Waals surface area contributed by atoms with E-state index in [0.29, 0.717) is 17.5 Å². The summed E-state index contributed by atoms with van der Waals surface area (Å²) in [5.41, 5.74) is 0.295. The van der Waals surface area contributed by atoms with Crippen LogP contribution in [0.4, 0.5) is 4.79 Å². The van der Waals surface area contributed by atoms with Crippen LogP contribution in [0.15, 0.2) is 18.2 Å².